The number of nitrogens with one attached hydrogen (secondary N) is 1. The highest BCUT2D eigenvalue weighted by atomic mass is 16.5. The summed E-state index contributed by atoms with van der Waals surface area (Å²) in [5.74, 6) is 0.382. The first-order chi connectivity index (χ1) is 12.9. The molecule has 0 aliphatic carbocycles. The molecule has 3 heterocycles. The van der Waals surface area contributed by atoms with Crippen LogP contribution in [0.2, 0.25) is 0 Å². The van der Waals surface area contributed by atoms with E-state index in [1.165, 1.54) is 16.8 Å². The molecule has 1 aromatic carbocycles. The van der Waals surface area contributed by atoms with Gasteiger partial charge in [-0.05, 0) is 38.6 Å². The lowest BCUT2D eigenvalue weighted by atomic mass is 10.1. The Hall–Kier alpha value is -2.71. The number of benzene rings is 1. The van der Waals surface area contributed by atoms with Gasteiger partial charge in [0.05, 0.1) is 5.39 Å². The van der Waals surface area contributed by atoms with Gasteiger partial charge in [-0.25, -0.2) is 9.36 Å². The minimum Gasteiger partial charge on any atom is -0.354 e. The Bertz CT molecular complexity index is 1070. The highest BCUT2D eigenvalue weighted by molar-refractivity contribution is 5.84. The van der Waals surface area contributed by atoms with Gasteiger partial charge < -0.3 is 9.42 Å². The summed E-state index contributed by atoms with van der Waals surface area (Å²) in [6.07, 6.45) is 1.41. The SMILES string of the molecule is C[C@@H]1CN(C)C[C@H](C)N1Cc1ccc2onc(-n3ccc(=O)[nH]c3=O)c2c1. The Labute approximate surface area is 156 Å². The summed E-state index contributed by atoms with van der Waals surface area (Å²) in [4.78, 5) is 30.5. The second-order valence-corrected chi connectivity index (χ2v) is 7.41. The predicted octanol–water partition coefficient (Wildman–Crippen LogP) is 1.19. The van der Waals surface area contributed by atoms with Gasteiger partial charge >= 0.3 is 5.69 Å². The van der Waals surface area contributed by atoms with Crippen LogP contribution in [-0.4, -0.2) is 56.7 Å². The first-order valence-electron chi connectivity index (χ1n) is 9.07. The molecule has 1 fully saturated rings. The number of hydrogen-bond acceptors (Lipinski definition) is 6. The van der Waals surface area contributed by atoms with Crippen molar-refractivity contribution in [3.63, 3.8) is 0 Å². The Morgan fingerprint density at radius 1 is 1.19 bits per heavy atom. The molecule has 1 N–H and O–H groups in total. The lowest BCUT2D eigenvalue weighted by Crippen LogP contribution is -2.54. The van der Waals surface area contributed by atoms with Crippen LogP contribution < -0.4 is 11.2 Å². The number of piperazine rings is 1. The van der Waals surface area contributed by atoms with Gasteiger partial charge in [0.1, 0.15) is 0 Å². The number of nitrogens with zero attached hydrogens (tertiary/aromatic N) is 4. The first-order valence-corrected chi connectivity index (χ1v) is 9.07. The zero-order chi connectivity index (χ0) is 19.1. The van der Waals surface area contributed by atoms with Crippen LogP contribution in [0.1, 0.15) is 19.4 Å². The van der Waals surface area contributed by atoms with Gasteiger partial charge in [0.2, 0.25) is 0 Å². The Morgan fingerprint density at radius 3 is 2.63 bits per heavy atom. The van der Waals surface area contributed by atoms with Crippen molar-refractivity contribution in [3.05, 3.63) is 56.9 Å². The molecule has 8 nitrogen and oxygen atoms in total. The zero-order valence-electron chi connectivity index (χ0n) is 15.7. The molecule has 3 aromatic rings. The second-order valence-electron chi connectivity index (χ2n) is 7.41. The van der Waals surface area contributed by atoms with Crippen LogP contribution in [-0.2, 0) is 6.54 Å². The summed E-state index contributed by atoms with van der Waals surface area (Å²) >= 11 is 0. The van der Waals surface area contributed by atoms with Crippen LogP contribution in [0, 0.1) is 0 Å². The maximum atomic E-state index is 12.1. The van der Waals surface area contributed by atoms with Gasteiger partial charge in [-0.2, -0.15) is 0 Å². The van der Waals surface area contributed by atoms with Gasteiger partial charge in [0, 0.05) is 44.0 Å². The normalized spacial score (nSPS) is 21.7. The van der Waals surface area contributed by atoms with Crippen LogP contribution in [0.15, 0.2) is 44.6 Å². The van der Waals surface area contributed by atoms with E-state index in [-0.39, 0.29) is 0 Å². The molecule has 0 radical (unpaired) electrons. The quantitative estimate of drug-likeness (QED) is 0.746. The lowest BCUT2D eigenvalue weighted by molar-refractivity contribution is 0.0459. The molecular weight excluding hydrogens is 346 g/mol. The predicted molar refractivity (Wildman–Crippen MR) is 102 cm³/mol. The van der Waals surface area contributed by atoms with Crippen molar-refractivity contribution >= 4 is 11.0 Å². The third-order valence-corrected chi connectivity index (χ3v) is 5.22. The third-order valence-electron chi connectivity index (χ3n) is 5.22. The van der Waals surface area contributed by atoms with Gasteiger partial charge in [-0.1, -0.05) is 11.2 Å². The molecule has 0 amide bonds. The fourth-order valence-electron chi connectivity index (χ4n) is 3.97. The summed E-state index contributed by atoms with van der Waals surface area (Å²) in [5.41, 5.74) is 0.756. The number of rotatable bonds is 3. The largest absolute Gasteiger partial charge is 0.354 e. The van der Waals surface area contributed by atoms with Crippen molar-refractivity contribution in [1.82, 2.24) is 24.5 Å². The standard InChI is InChI=1S/C19H23N5O3/c1-12-9-22(3)10-13(2)24(12)11-14-4-5-16-15(8-14)18(21-27-16)23-7-6-17(25)20-19(23)26/h4-8,12-13H,9-11H2,1-3H3,(H,20,25,26)/t12-,13+. The number of hydrogen-bond donors (Lipinski definition) is 1. The second kappa shape index (κ2) is 6.79. The molecule has 4 rings (SSSR count). The average Bonchev–Trinajstić information content (AvgIpc) is 3.01. The molecule has 2 aromatic heterocycles. The molecule has 0 saturated carbocycles. The van der Waals surface area contributed by atoms with E-state index in [0.717, 1.165) is 30.6 Å². The maximum absolute atomic E-state index is 12.1. The fourth-order valence-corrected chi connectivity index (χ4v) is 3.97. The highest BCUT2D eigenvalue weighted by Crippen LogP contribution is 2.24. The number of aromatic amines is 1. The number of H-pyrrole nitrogens is 1. The fraction of sp³-hybridized carbons (Fsp3) is 0.421. The topological polar surface area (TPSA) is 87.4 Å². The Morgan fingerprint density at radius 2 is 1.93 bits per heavy atom. The van der Waals surface area contributed by atoms with Crippen molar-refractivity contribution < 1.29 is 4.52 Å². The minimum atomic E-state index is -0.538. The van der Waals surface area contributed by atoms with E-state index >= 15 is 0 Å². The van der Waals surface area contributed by atoms with E-state index < -0.39 is 11.2 Å². The first kappa shape index (κ1) is 17.7. The summed E-state index contributed by atoms with van der Waals surface area (Å²) in [5, 5.41) is 4.78. The van der Waals surface area contributed by atoms with Crippen LogP contribution >= 0.6 is 0 Å². The van der Waals surface area contributed by atoms with Crippen LogP contribution in [0.5, 0.6) is 0 Å². The molecule has 1 aliphatic rings. The minimum absolute atomic E-state index is 0.382. The summed E-state index contributed by atoms with van der Waals surface area (Å²) < 4.78 is 6.66. The molecule has 1 saturated heterocycles. The van der Waals surface area contributed by atoms with Crippen molar-refractivity contribution in [2.45, 2.75) is 32.5 Å². The molecule has 8 heteroatoms. The maximum Gasteiger partial charge on any atom is 0.334 e. The number of fused-ring (bicyclic) bond motifs is 1. The third kappa shape index (κ3) is 3.33. The number of aromatic nitrogens is 3. The van der Waals surface area contributed by atoms with Crippen LogP contribution in [0.4, 0.5) is 0 Å². The van der Waals surface area contributed by atoms with E-state index in [1.54, 1.807) is 0 Å². The van der Waals surface area contributed by atoms with E-state index in [1.807, 2.05) is 18.2 Å². The summed E-state index contributed by atoms with van der Waals surface area (Å²) in [6, 6.07) is 8.13. The summed E-state index contributed by atoms with van der Waals surface area (Å²) in [7, 11) is 2.15. The van der Waals surface area contributed by atoms with Crippen molar-refractivity contribution in [1.29, 1.82) is 0 Å². The molecule has 0 bridgehead atoms. The van der Waals surface area contributed by atoms with E-state index in [4.69, 9.17) is 4.52 Å². The van der Waals surface area contributed by atoms with Crippen molar-refractivity contribution in [3.8, 4) is 5.82 Å². The zero-order valence-corrected chi connectivity index (χ0v) is 15.7. The van der Waals surface area contributed by atoms with E-state index in [9.17, 15) is 9.59 Å². The smallest absolute Gasteiger partial charge is 0.334 e. The van der Waals surface area contributed by atoms with Gasteiger partial charge in [0.15, 0.2) is 11.4 Å². The van der Waals surface area contributed by atoms with Gasteiger partial charge in [0.25, 0.3) is 5.56 Å². The Kier molecular flexibility index (Phi) is 4.45. The van der Waals surface area contributed by atoms with E-state index in [2.05, 4.69) is 40.8 Å². The summed E-state index contributed by atoms with van der Waals surface area (Å²) in [6.45, 7) is 7.39. The van der Waals surface area contributed by atoms with E-state index in [0.29, 0.717) is 23.5 Å². The molecule has 0 spiro atoms. The van der Waals surface area contributed by atoms with Crippen molar-refractivity contribution in [2.24, 2.45) is 0 Å². The molecule has 0 unspecified atom stereocenters. The van der Waals surface area contributed by atoms with Crippen LogP contribution in [0.25, 0.3) is 16.8 Å². The van der Waals surface area contributed by atoms with Crippen LogP contribution in [0.3, 0.4) is 0 Å². The molecule has 142 valence electrons. The lowest BCUT2D eigenvalue weighted by Gasteiger charge is -2.43. The molecular formula is C19H23N5O3. The van der Waals surface area contributed by atoms with Gasteiger partial charge in [-0.15, -0.1) is 0 Å². The Balaban J connectivity index is 1.70. The molecule has 2 atom stereocenters. The van der Waals surface area contributed by atoms with Gasteiger partial charge in [-0.3, -0.25) is 14.7 Å². The van der Waals surface area contributed by atoms with Crippen molar-refractivity contribution in [2.75, 3.05) is 20.1 Å². The average molecular weight is 369 g/mol. The molecule has 27 heavy (non-hydrogen) atoms. The molecule has 1 aliphatic heterocycles. The number of likely N-dealkylation sites (N-methyl/N-ethyl adjacent to an activating group) is 1. The monoisotopic (exact) mass is 369 g/mol. The highest BCUT2D eigenvalue weighted by Gasteiger charge is 2.27.